The smallest absolute Gasteiger partial charge is 0.124 e. The van der Waals surface area contributed by atoms with Crippen LogP contribution in [-0.2, 0) is 11.3 Å². The molecule has 4 rings (SSSR count). The van der Waals surface area contributed by atoms with E-state index >= 15 is 0 Å². The Balaban J connectivity index is 0.00000380. The molecule has 1 atom stereocenters. The molecule has 2 heterocycles. The van der Waals surface area contributed by atoms with Gasteiger partial charge in [-0.3, -0.25) is 9.67 Å². The number of hydrogen-bond acceptors (Lipinski definition) is 9. The molecule has 0 radical (unpaired) electrons. The molecule has 0 spiro atoms. The van der Waals surface area contributed by atoms with Crippen molar-refractivity contribution >= 4 is 34.8 Å². The second kappa shape index (κ2) is 13.2. The first kappa shape index (κ1) is 28.1. The van der Waals surface area contributed by atoms with Crippen LogP contribution in [0.3, 0.4) is 0 Å². The SMILES string of the molecule is COC[C@@H](O)CN(c1cc(OC)cc(OC)c1)c1ccc2ncc(-c3cnn(CCCN)c3)nc2c1.Cl. The molecule has 4 aromatic rings. The Hall–Kier alpha value is -3.44. The number of methoxy groups -OCH3 is 3. The van der Waals surface area contributed by atoms with E-state index in [1.807, 2.05) is 46.1 Å². The second-order valence-corrected chi connectivity index (χ2v) is 8.35. The molecular weight excluding hydrogens is 496 g/mol. The number of rotatable bonds is 12. The van der Waals surface area contributed by atoms with Crippen molar-refractivity contribution < 1.29 is 19.3 Å². The molecule has 0 aliphatic carbocycles. The van der Waals surface area contributed by atoms with Crippen LogP contribution in [0.1, 0.15) is 6.42 Å². The largest absolute Gasteiger partial charge is 0.497 e. The summed E-state index contributed by atoms with van der Waals surface area (Å²) in [6.45, 7) is 1.85. The molecule has 0 bridgehead atoms. The fourth-order valence-corrected chi connectivity index (χ4v) is 3.94. The summed E-state index contributed by atoms with van der Waals surface area (Å²) in [5.41, 5.74) is 10.3. The summed E-state index contributed by atoms with van der Waals surface area (Å²) in [6, 6.07) is 11.4. The number of halogens is 1. The number of aliphatic hydroxyl groups is 1. The molecular formula is C26H33ClN6O4. The molecule has 2 aromatic carbocycles. The summed E-state index contributed by atoms with van der Waals surface area (Å²) in [5, 5.41) is 15.0. The molecule has 37 heavy (non-hydrogen) atoms. The number of benzene rings is 2. The van der Waals surface area contributed by atoms with Gasteiger partial charge in [0.2, 0.25) is 0 Å². The number of aromatic nitrogens is 4. The van der Waals surface area contributed by atoms with Gasteiger partial charge in [0, 0.05) is 55.0 Å². The van der Waals surface area contributed by atoms with Crippen LogP contribution in [0.4, 0.5) is 11.4 Å². The third kappa shape index (κ3) is 6.86. The van der Waals surface area contributed by atoms with Crippen LogP contribution in [0.15, 0.2) is 55.0 Å². The Morgan fingerprint density at radius 3 is 2.43 bits per heavy atom. The van der Waals surface area contributed by atoms with Crippen molar-refractivity contribution in [3.8, 4) is 22.8 Å². The maximum Gasteiger partial charge on any atom is 0.124 e. The van der Waals surface area contributed by atoms with Crippen LogP contribution in [0.2, 0.25) is 0 Å². The third-order valence-corrected chi connectivity index (χ3v) is 5.76. The van der Waals surface area contributed by atoms with Crippen LogP contribution in [0.5, 0.6) is 11.5 Å². The zero-order chi connectivity index (χ0) is 25.5. The molecule has 10 nitrogen and oxygen atoms in total. The van der Waals surface area contributed by atoms with Gasteiger partial charge in [-0.05, 0) is 31.2 Å². The number of aryl methyl sites for hydroxylation is 1. The summed E-state index contributed by atoms with van der Waals surface area (Å²) < 4.78 is 18.0. The van der Waals surface area contributed by atoms with Gasteiger partial charge in [0.15, 0.2) is 0 Å². The van der Waals surface area contributed by atoms with Crippen molar-refractivity contribution in [1.82, 2.24) is 19.7 Å². The molecule has 0 aliphatic rings. The van der Waals surface area contributed by atoms with Gasteiger partial charge in [-0.15, -0.1) is 12.4 Å². The minimum atomic E-state index is -0.723. The van der Waals surface area contributed by atoms with E-state index in [1.54, 1.807) is 39.8 Å². The van der Waals surface area contributed by atoms with Crippen molar-refractivity contribution in [2.45, 2.75) is 19.1 Å². The summed E-state index contributed by atoms with van der Waals surface area (Å²) in [4.78, 5) is 11.4. The third-order valence-electron chi connectivity index (χ3n) is 5.76. The van der Waals surface area contributed by atoms with E-state index in [-0.39, 0.29) is 25.6 Å². The van der Waals surface area contributed by atoms with Gasteiger partial charge in [0.05, 0.1) is 62.6 Å². The van der Waals surface area contributed by atoms with E-state index in [0.29, 0.717) is 18.0 Å². The van der Waals surface area contributed by atoms with Gasteiger partial charge in [-0.2, -0.15) is 5.10 Å². The number of nitrogens with two attached hydrogens (primary N) is 1. The number of nitrogens with zero attached hydrogens (tertiary/aromatic N) is 5. The van der Waals surface area contributed by atoms with E-state index < -0.39 is 6.10 Å². The monoisotopic (exact) mass is 528 g/mol. The van der Waals surface area contributed by atoms with Crippen LogP contribution >= 0.6 is 12.4 Å². The van der Waals surface area contributed by atoms with Gasteiger partial charge < -0.3 is 30.0 Å². The van der Waals surface area contributed by atoms with Gasteiger partial charge >= 0.3 is 0 Å². The lowest BCUT2D eigenvalue weighted by atomic mass is 10.1. The Morgan fingerprint density at radius 2 is 1.76 bits per heavy atom. The Morgan fingerprint density at radius 1 is 1.00 bits per heavy atom. The van der Waals surface area contributed by atoms with Gasteiger partial charge in [0.1, 0.15) is 11.5 Å². The highest BCUT2D eigenvalue weighted by molar-refractivity contribution is 5.85. The molecule has 0 aliphatic heterocycles. The molecule has 198 valence electrons. The first-order valence-electron chi connectivity index (χ1n) is 11.7. The topological polar surface area (TPSA) is 121 Å². The van der Waals surface area contributed by atoms with Crippen LogP contribution < -0.4 is 20.1 Å². The zero-order valence-corrected chi connectivity index (χ0v) is 22.0. The fraction of sp³-hybridized carbons (Fsp3) is 0.346. The minimum Gasteiger partial charge on any atom is -0.497 e. The molecule has 0 unspecified atom stereocenters. The zero-order valence-electron chi connectivity index (χ0n) is 21.2. The average Bonchev–Trinajstić information content (AvgIpc) is 3.38. The van der Waals surface area contributed by atoms with E-state index in [1.165, 1.54) is 0 Å². The van der Waals surface area contributed by atoms with Gasteiger partial charge in [-0.25, -0.2) is 4.98 Å². The number of fused-ring (bicyclic) bond motifs is 1. The standard InChI is InChI=1S/C26H32N6O4.ClH/c1-34-17-21(33)16-32(20-9-22(35-2)12-23(10-20)36-3)19-5-6-24-25(11-19)30-26(14-28-24)18-13-29-31(15-18)8-4-7-27;/h5-6,9-15,21,33H,4,7-8,16-17,27H2,1-3H3;1H/t21-;/m0./s1. The molecule has 0 fully saturated rings. The summed E-state index contributed by atoms with van der Waals surface area (Å²) >= 11 is 0. The molecule has 0 saturated carbocycles. The Kier molecular flexibility index (Phi) is 10.0. The normalized spacial score (nSPS) is 11.7. The summed E-state index contributed by atoms with van der Waals surface area (Å²) in [6.07, 6.45) is 5.62. The Bertz CT molecular complexity index is 1280. The van der Waals surface area contributed by atoms with Crippen LogP contribution in [-0.4, -0.2) is 72.0 Å². The molecule has 0 amide bonds. The number of ether oxygens (including phenoxy) is 3. The molecule has 0 saturated heterocycles. The lowest BCUT2D eigenvalue weighted by Crippen LogP contribution is -2.31. The van der Waals surface area contributed by atoms with Crippen molar-refractivity contribution in [1.29, 1.82) is 0 Å². The fourth-order valence-electron chi connectivity index (χ4n) is 3.94. The van der Waals surface area contributed by atoms with Crippen LogP contribution in [0, 0.1) is 0 Å². The van der Waals surface area contributed by atoms with E-state index in [9.17, 15) is 5.11 Å². The molecule has 3 N–H and O–H groups in total. The highest BCUT2D eigenvalue weighted by atomic mass is 35.5. The number of anilines is 2. The van der Waals surface area contributed by atoms with Crippen molar-refractivity contribution in [3.63, 3.8) is 0 Å². The molecule has 2 aromatic heterocycles. The number of aliphatic hydroxyl groups excluding tert-OH is 1. The maximum absolute atomic E-state index is 10.6. The van der Waals surface area contributed by atoms with Gasteiger partial charge in [-0.1, -0.05) is 0 Å². The average molecular weight is 529 g/mol. The van der Waals surface area contributed by atoms with E-state index in [0.717, 1.165) is 46.6 Å². The summed E-state index contributed by atoms with van der Waals surface area (Å²) in [7, 11) is 4.77. The first-order chi connectivity index (χ1) is 17.5. The number of hydrogen-bond donors (Lipinski definition) is 2. The highest BCUT2D eigenvalue weighted by Crippen LogP contribution is 2.34. The predicted octanol–water partition coefficient (Wildman–Crippen LogP) is 3.43. The maximum atomic E-state index is 10.6. The lowest BCUT2D eigenvalue weighted by Gasteiger charge is -2.28. The van der Waals surface area contributed by atoms with E-state index in [4.69, 9.17) is 24.9 Å². The second-order valence-electron chi connectivity index (χ2n) is 8.35. The van der Waals surface area contributed by atoms with Gasteiger partial charge in [0.25, 0.3) is 0 Å². The first-order valence-corrected chi connectivity index (χ1v) is 11.7. The van der Waals surface area contributed by atoms with Crippen molar-refractivity contribution in [2.24, 2.45) is 5.73 Å². The molecule has 11 heteroatoms. The van der Waals surface area contributed by atoms with Crippen LogP contribution in [0.25, 0.3) is 22.3 Å². The quantitative estimate of drug-likeness (QED) is 0.285. The lowest BCUT2D eigenvalue weighted by molar-refractivity contribution is 0.0702. The highest BCUT2D eigenvalue weighted by Gasteiger charge is 2.18. The minimum absolute atomic E-state index is 0. The van der Waals surface area contributed by atoms with E-state index in [2.05, 4.69) is 10.1 Å². The summed E-state index contributed by atoms with van der Waals surface area (Å²) in [5.74, 6) is 1.29. The van der Waals surface area contributed by atoms with Crippen molar-refractivity contribution in [3.05, 3.63) is 55.0 Å². The van der Waals surface area contributed by atoms with Crippen molar-refractivity contribution in [2.75, 3.05) is 45.9 Å². The Labute approximate surface area is 222 Å². The predicted molar refractivity (Wildman–Crippen MR) is 146 cm³/mol.